The average molecular weight is 367 g/mol. The van der Waals surface area contributed by atoms with Crippen molar-refractivity contribution in [2.45, 2.75) is 13.8 Å². The van der Waals surface area contributed by atoms with Gasteiger partial charge in [-0.05, 0) is 32.0 Å². The van der Waals surface area contributed by atoms with Gasteiger partial charge < -0.3 is 24.8 Å². The number of ether oxygens (including phenoxy) is 3. The Bertz CT molecular complexity index is 823. The molecule has 2 N–H and O–H groups in total. The summed E-state index contributed by atoms with van der Waals surface area (Å²) in [5.41, 5.74) is 0.513. The van der Waals surface area contributed by atoms with Gasteiger partial charge in [0, 0.05) is 35.5 Å². The Morgan fingerprint density at radius 2 is 1.60 bits per heavy atom. The van der Waals surface area contributed by atoms with E-state index in [0.717, 1.165) is 0 Å². The number of carbonyl (C=O) groups excluding carboxylic acids is 2. The van der Waals surface area contributed by atoms with Crippen LogP contribution in [0.5, 0.6) is 17.2 Å². The van der Waals surface area contributed by atoms with Crippen LogP contribution in [0.2, 0.25) is 5.02 Å². The highest BCUT2D eigenvalue weighted by Crippen LogP contribution is 2.46. The molecular formula is C17H19ClN2O5. The predicted molar refractivity (Wildman–Crippen MR) is 95.0 cm³/mol. The molecule has 134 valence electrons. The van der Waals surface area contributed by atoms with Crippen molar-refractivity contribution in [3.8, 4) is 17.2 Å². The minimum absolute atomic E-state index is 0.231. The van der Waals surface area contributed by atoms with E-state index < -0.39 is 12.2 Å². The number of nitrogens with one attached hydrogen (secondary N) is 2. The standard InChI is InChI=1S/C17H19ClN2O5/c1-5-23-14-9(2)13(24-16(21)19-3)12-8-10(18)6-7-11(12)15(14)25-17(22)20-4/h6-8H,5H2,1-4H3,(H,19,21)(H,20,22). The van der Waals surface area contributed by atoms with E-state index in [4.69, 9.17) is 25.8 Å². The minimum Gasteiger partial charge on any atom is -0.490 e. The van der Waals surface area contributed by atoms with Crippen LogP contribution in [0, 0.1) is 6.92 Å². The summed E-state index contributed by atoms with van der Waals surface area (Å²) in [6, 6.07) is 4.96. The predicted octanol–water partition coefficient (Wildman–Crippen LogP) is 3.64. The molecule has 0 unspecified atom stereocenters. The van der Waals surface area contributed by atoms with E-state index in [1.807, 2.05) is 0 Å². The van der Waals surface area contributed by atoms with Crippen molar-refractivity contribution in [1.29, 1.82) is 0 Å². The van der Waals surface area contributed by atoms with Crippen LogP contribution in [0.25, 0.3) is 10.8 Å². The smallest absolute Gasteiger partial charge is 0.412 e. The molecule has 0 bridgehead atoms. The highest BCUT2D eigenvalue weighted by Gasteiger charge is 2.23. The van der Waals surface area contributed by atoms with E-state index >= 15 is 0 Å². The Kier molecular flexibility index (Phi) is 5.93. The number of benzene rings is 2. The molecule has 0 aliphatic heterocycles. The van der Waals surface area contributed by atoms with Crippen molar-refractivity contribution in [2.24, 2.45) is 0 Å². The lowest BCUT2D eigenvalue weighted by molar-refractivity contribution is 0.198. The number of rotatable bonds is 4. The van der Waals surface area contributed by atoms with E-state index in [2.05, 4.69) is 10.6 Å². The van der Waals surface area contributed by atoms with Crippen molar-refractivity contribution < 1.29 is 23.8 Å². The number of halogens is 1. The third-order valence-corrected chi connectivity index (χ3v) is 3.68. The first-order valence-electron chi connectivity index (χ1n) is 7.60. The number of fused-ring (bicyclic) bond motifs is 1. The molecule has 2 aromatic carbocycles. The van der Waals surface area contributed by atoms with Crippen molar-refractivity contribution in [1.82, 2.24) is 10.6 Å². The van der Waals surface area contributed by atoms with Gasteiger partial charge in [-0.1, -0.05) is 11.6 Å². The lowest BCUT2D eigenvalue weighted by Crippen LogP contribution is -2.24. The molecule has 0 heterocycles. The summed E-state index contributed by atoms with van der Waals surface area (Å²) in [5.74, 6) is 0.832. The molecule has 8 heteroatoms. The summed E-state index contributed by atoms with van der Waals surface area (Å²) in [4.78, 5) is 23.5. The summed E-state index contributed by atoms with van der Waals surface area (Å²) in [6.07, 6.45) is -1.27. The first-order chi connectivity index (χ1) is 11.9. The maximum Gasteiger partial charge on any atom is 0.412 e. The van der Waals surface area contributed by atoms with Gasteiger partial charge in [0.25, 0.3) is 0 Å². The third-order valence-electron chi connectivity index (χ3n) is 3.44. The summed E-state index contributed by atoms with van der Waals surface area (Å²) in [6.45, 7) is 3.85. The van der Waals surface area contributed by atoms with Crippen LogP contribution in [0.1, 0.15) is 12.5 Å². The van der Waals surface area contributed by atoms with Crippen LogP contribution in [-0.2, 0) is 0 Å². The fraction of sp³-hybridized carbons (Fsp3) is 0.294. The van der Waals surface area contributed by atoms with Gasteiger partial charge in [0.05, 0.1) is 6.61 Å². The van der Waals surface area contributed by atoms with E-state index in [0.29, 0.717) is 33.7 Å². The van der Waals surface area contributed by atoms with Crippen LogP contribution in [-0.4, -0.2) is 32.9 Å². The Hall–Kier alpha value is -2.67. The summed E-state index contributed by atoms with van der Waals surface area (Å²) in [7, 11) is 2.91. The number of hydrogen-bond acceptors (Lipinski definition) is 5. The SMILES string of the molecule is CCOc1c(C)c(OC(=O)NC)c2cc(Cl)ccc2c1OC(=O)NC. The van der Waals surface area contributed by atoms with Crippen molar-refractivity contribution in [3.05, 3.63) is 28.8 Å². The molecular weight excluding hydrogens is 348 g/mol. The fourth-order valence-electron chi connectivity index (χ4n) is 2.34. The Morgan fingerprint density at radius 1 is 1.00 bits per heavy atom. The van der Waals surface area contributed by atoms with E-state index in [-0.39, 0.29) is 11.5 Å². The molecule has 0 aromatic heterocycles. The molecule has 0 aliphatic rings. The molecule has 0 aliphatic carbocycles. The number of carbonyl (C=O) groups is 2. The molecule has 7 nitrogen and oxygen atoms in total. The highest BCUT2D eigenvalue weighted by molar-refractivity contribution is 6.31. The number of amides is 2. The molecule has 25 heavy (non-hydrogen) atoms. The molecule has 0 spiro atoms. The zero-order valence-corrected chi connectivity index (χ0v) is 15.1. The molecule has 2 amide bonds. The topological polar surface area (TPSA) is 85.9 Å². The van der Waals surface area contributed by atoms with Gasteiger partial charge in [0.15, 0.2) is 11.5 Å². The number of hydrogen-bond donors (Lipinski definition) is 2. The van der Waals surface area contributed by atoms with Crippen LogP contribution in [0.15, 0.2) is 18.2 Å². The van der Waals surface area contributed by atoms with E-state index in [1.54, 1.807) is 32.0 Å². The largest absolute Gasteiger partial charge is 0.490 e. The zero-order chi connectivity index (χ0) is 18.6. The highest BCUT2D eigenvalue weighted by atomic mass is 35.5. The van der Waals surface area contributed by atoms with Crippen LogP contribution in [0.3, 0.4) is 0 Å². The normalized spacial score (nSPS) is 10.3. The second-order valence-electron chi connectivity index (χ2n) is 5.01. The van der Waals surface area contributed by atoms with Crippen LogP contribution < -0.4 is 24.8 Å². The molecule has 0 saturated carbocycles. The summed E-state index contributed by atoms with van der Waals surface area (Å²) >= 11 is 6.09. The Balaban J connectivity index is 2.81. The maximum atomic E-state index is 11.8. The van der Waals surface area contributed by atoms with E-state index in [1.165, 1.54) is 14.1 Å². The van der Waals surface area contributed by atoms with Gasteiger partial charge in [-0.15, -0.1) is 0 Å². The molecule has 0 radical (unpaired) electrons. The van der Waals surface area contributed by atoms with Crippen molar-refractivity contribution in [2.75, 3.05) is 20.7 Å². The first kappa shape index (κ1) is 18.7. The second-order valence-corrected chi connectivity index (χ2v) is 5.45. The van der Waals surface area contributed by atoms with Gasteiger partial charge >= 0.3 is 12.2 Å². The van der Waals surface area contributed by atoms with Crippen LogP contribution in [0.4, 0.5) is 9.59 Å². The van der Waals surface area contributed by atoms with Gasteiger partial charge in [0.2, 0.25) is 0 Å². The first-order valence-corrected chi connectivity index (χ1v) is 7.98. The maximum absolute atomic E-state index is 11.8. The quantitative estimate of drug-likeness (QED) is 0.862. The Morgan fingerprint density at radius 3 is 2.16 bits per heavy atom. The fourth-order valence-corrected chi connectivity index (χ4v) is 2.51. The molecule has 0 atom stereocenters. The minimum atomic E-state index is -0.642. The molecule has 0 fully saturated rings. The Labute approximate surface area is 150 Å². The third kappa shape index (κ3) is 3.88. The average Bonchev–Trinajstić information content (AvgIpc) is 2.60. The van der Waals surface area contributed by atoms with Gasteiger partial charge in [0.1, 0.15) is 5.75 Å². The zero-order valence-electron chi connectivity index (χ0n) is 14.4. The molecule has 2 rings (SSSR count). The summed E-state index contributed by atoms with van der Waals surface area (Å²) in [5, 5.41) is 6.29. The monoisotopic (exact) mass is 366 g/mol. The van der Waals surface area contributed by atoms with E-state index in [9.17, 15) is 9.59 Å². The van der Waals surface area contributed by atoms with Gasteiger partial charge in [-0.3, -0.25) is 0 Å². The second kappa shape index (κ2) is 7.94. The summed E-state index contributed by atoms with van der Waals surface area (Å²) < 4.78 is 16.4. The lowest BCUT2D eigenvalue weighted by Gasteiger charge is -2.19. The van der Waals surface area contributed by atoms with Gasteiger partial charge in [-0.25, -0.2) is 9.59 Å². The van der Waals surface area contributed by atoms with Crippen molar-refractivity contribution in [3.63, 3.8) is 0 Å². The van der Waals surface area contributed by atoms with Gasteiger partial charge in [-0.2, -0.15) is 0 Å². The van der Waals surface area contributed by atoms with Crippen molar-refractivity contribution >= 4 is 34.6 Å². The molecule has 0 saturated heterocycles. The lowest BCUT2D eigenvalue weighted by atomic mass is 10.0. The van der Waals surface area contributed by atoms with Crippen LogP contribution >= 0.6 is 11.6 Å². The molecule has 2 aromatic rings.